The quantitative estimate of drug-likeness (QED) is 0.708. The normalized spacial score (nSPS) is 25.6. The number of rotatable bonds is 1. The third-order valence-electron chi connectivity index (χ3n) is 2.06. The van der Waals surface area contributed by atoms with Gasteiger partial charge in [0.2, 0.25) is 0 Å². The second kappa shape index (κ2) is 3.80. The van der Waals surface area contributed by atoms with Crippen molar-refractivity contribution in [3.8, 4) is 0 Å². The molecule has 2 unspecified atom stereocenters. The predicted octanol–water partition coefficient (Wildman–Crippen LogP) is 1.53. The lowest BCUT2D eigenvalue weighted by Gasteiger charge is -2.20. The molecule has 0 saturated carbocycles. The summed E-state index contributed by atoms with van der Waals surface area (Å²) < 4.78 is 41.9. The van der Waals surface area contributed by atoms with Crippen LogP contribution in [0.4, 0.5) is 18.0 Å². The van der Waals surface area contributed by atoms with Gasteiger partial charge in [-0.05, 0) is 20.8 Å². The highest BCUT2D eigenvalue weighted by Crippen LogP contribution is 2.41. The molecule has 0 aromatic heterocycles. The van der Waals surface area contributed by atoms with Crippen molar-refractivity contribution in [2.75, 3.05) is 6.61 Å². The average Bonchev–Trinajstić information content (AvgIpc) is 2.72. The van der Waals surface area contributed by atoms with E-state index in [-0.39, 0.29) is 0 Å². The van der Waals surface area contributed by atoms with Gasteiger partial charge < -0.3 is 9.84 Å². The molecular weight excluding hydrogens is 227 g/mol. The van der Waals surface area contributed by atoms with Crippen LogP contribution in [-0.4, -0.2) is 46.6 Å². The Balaban J connectivity index is 2.66. The summed E-state index contributed by atoms with van der Waals surface area (Å²) in [6.07, 6.45) is -5.57. The molecule has 1 fully saturated rings. The van der Waals surface area contributed by atoms with Crippen molar-refractivity contribution >= 4 is 6.09 Å². The van der Waals surface area contributed by atoms with Gasteiger partial charge in [-0.25, -0.2) is 4.79 Å². The minimum Gasteiger partial charge on any atom is -0.444 e. The average molecular weight is 241 g/mol. The fraction of sp³-hybridized carbons (Fsp3) is 0.889. The topological polar surface area (TPSA) is 49.5 Å². The van der Waals surface area contributed by atoms with Gasteiger partial charge in [-0.3, -0.25) is 4.90 Å². The number of halogens is 3. The highest BCUT2D eigenvalue weighted by Gasteiger charge is 2.65. The molecule has 4 nitrogen and oxygen atoms in total. The van der Waals surface area contributed by atoms with Gasteiger partial charge in [-0.2, -0.15) is 13.2 Å². The molecule has 0 aromatic carbocycles. The SMILES string of the molecule is CC(C)(C)OC(=O)N1C(CO)C1C(F)(F)F. The predicted molar refractivity (Wildman–Crippen MR) is 48.8 cm³/mol. The van der Waals surface area contributed by atoms with Crippen molar-refractivity contribution in [1.29, 1.82) is 0 Å². The van der Waals surface area contributed by atoms with Crippen molar-refractivity contribution in [3.05, 3.63) is 0 Å². The molecule has 16 heavy (non-hydrogen) atoms. The van der Waals surface area contributed by atoms with Crippen molar-refractivity contribution in [1.82, 2.24) is 4.90 Å². The molecule has 1 saturated heterocycles. The lowest BCUT2D eigenvalue weighted by atomic mass is 10.2. The lowest BCUT2D eigenvalue weighted by molar-refractivity contribution is -0.137. The number of hydrogen-bond acceptors (Lipinski definition) is 3. The van der Waals surface area contributed by atoms with Crippen LogP contribution in [-0.2, 0) is 4.74 Å². The number of carbonyl (C=O) groups is 1. The zero-order chi connectivity index (χ0) is 12.7. The summed E-state index contributed by atoms with van der Waals surface area (Å²) in [5.41, 5.74) is -0.851. The number of ether oxygens (including phenoxy) is 1. The van der Waals surface area contributed by atoms with Gasteiger partial charge in [-0.1, -0.05) is 0 Å². The molecule has 1 heterocycles. The molecule has 1 aliphatic rings. The molecule has 1 amide bonds. The highest BCUT2D eigenvalue weighted by molar-refractivity contribution is 5.72. The van der Waals surface area contributed by atoms with E-state index < -0.39 is 36.6 Å². The number of aliphatic hydroxyl groups excluding tert-OH is 1. The van der Waals surface area contributed by atoms with E-state index in [2.05, 4.69) is 0 Å². The van der Waals surface area contributed by atoms with Crippen LogP contribution in [0.2, 0.25) is 0 Å². The fourth-order valence-electron chi connectivity index (χ4n) is 1.41. The molecule has 0 aromatic rings. The summed E-state index contributed by atoms with van der Waals surface area (Å²) in [5, 5.41) is 8.71. The zero-order valence-electron chi connectivity index (χ0n) is 9.21. The Morgan fingerprint density at radius 2 is 1.88 bits per heavy atom. The molecule has 1 rings (SSSR count). The second-order valence-electron chi connectivity index (χ2n) is 4.62. The summed E-state index contributed by atoms with van der Waals surface area (Å²) >= 11 is 0. The van der Waals surface area contributed by atoms with Crippen molar-refractivity contribution in [2.45, 2.75) is 44.6 Å². The Morgan fingerprint density at radius 1 is 1.38 bits per heavy atom. The maximum atomic E-state index is 12.4. The molecule has 7 heteroatoms. The van der Waals surface area contributed by atoms with Gasteiger partial charge in [0.05, 0.1) is 12.6 Å². The summed E-state index contributed by atoms with van der Waals surface area (Å²) in [6, 6.07) is -3.14. The molecule has 0 radical (unpaired) electrons. The third-order valence-corrected chi connectivity index (χ3v) is 2.06. The zero-order valence-corrected chi connectivity index (χ0v) is 9.21. The minimum absolute atomic E-state index is 0.505. The van der Waals surface area contributed by atoms with Crippen LogP contribution in [0.15, 0.2) is 0 Å². The van der Waals surface area contributed by atoms with Gasteiger partial charge in [0.1, 0.15) is 5.60 Å². The summed E-state index contributed by atoms with van der Waals surface area (Å²) in [4.78, 5) is 11.8. The van der Waals surface area contributed by atoms with Crippen molar-refractivity contribution in [3.63, 3.8) is 0 Å². The van der Waals surface area contributed by atoms with Crippen LogP contribution in [0.3, 0.4) is 0 Å². The van der Waals surface area contributed by atoms with Gasteiger partial charge >= 0.3 is 12.3 Å². The van der Waals surface area contributed by atoms with Crippen LogP contribution in [0.5, 0.6) is 0 Å². The Bertz CT molecular complexity index is 285. The first-order valence-electron chi connectivity index (χ1n) is 4.77. The number of nitrogens with zero attached hydrogens (tertiary/aromatic N) is 1. The maximum absolute atomic E-state index is 12.4. The van der Waals surface area contributed by atoms with Crippen molar-refractivity contribution < 1.29 is 27.8 Å². The van der Waals surface area contributed by atoms with Crippen LogP contribution in [0.25, 0.3) is 0 Å². The second-order valence-corrected chi connectivity index (χ2v) is 4.62. The number of alkyl halides is 3. The van der Waals surface area contributed by atoms with E-state index in [1.807, 2.05) is 0 Å². The molecule has 1 aliphatic heterocycles. The molecule has 1 N–H and O–H groups in total. The lowest BCUT2D eigenvalue weighted by Crippen LogP contribution is -2.31. The first kappa shape index (κ1) is 13.1. The van der Waals surface area contributed by atoms with E-state index in [1.54, 1.807) is 20.8 Å². The largest absolute Gasteiger partial charge is 0.444 e. The Hall–Kier alpha value is -0.980. The highest BCUT2D eigenvalue weighted by atomic mass is 19.4. The Morgan fingerprint density at radius 3 is 2.12 bits per heavy atom. The number of carbonyl (C=O) groups excluding carboxylic acids is 1. The smallest absolute Gasteiger partial charge is 0.411 e. The third kappa shape index (κ3) is 2.78. The van der Waals surface area contributed by atoms with E-state index in [1.165, 1.54) is 0 Å². The van der Waals surface area contributed by atoms with Crippen LogP contribution < -0.4 is 0 Å². The number of amides is 1. The number of aliphatic hydroxyl groups is 1. The van der Waals surface area contributed by atoms with Crippen molar-refractivity contribution in [2.24, 2.45) is 0 Å². The van der Waals surface area contributed by atoms with Crippen LogP contribution in [0.1, 0.15) is 20.8 Å². The molecule has 0 spiro atoms. The summed E-state index contributed by atoms with van der Waals surface area (Å²) in [7, 11) is 0. The summed E-state index contributed by atoms with van der Waals surface area (Å²) in [5.74, 6) is 0. The molecule has 0 aliphatic carbocycles. The van der Waals surface area contributed by atoms with Gasteiger partial charge in [-0.15, -0.1) is 0 Å². The van der Waals surface area contributed by atoms with E-state index in [0.29, 0.717) is 4.90 Å². The van der Waals surface area contributed by atoms with E-state index in [0.717, 1.165) is 0 Å². The van der Waals surface area contributed by atoms with Gasteiger partial charge in [0.15, 0.2) is 6.04 Å². The van der Waals surface area contributed by atoms with E-state index >= 15 is 0 Å². The van der Waals surface area contributed by atoms with E-state index in [9.17, 15) is 18.0 Å². The number of hydrogen-bond donors (Lipinski definition) is 1. The maximum Gasteiger partial charge on any atom is 0.411 e. The molecule has 0 bridgehead atoms. The van der Waals surface area contributed by atoms with Crippen LogP contribution in [0, 0.1) is 0 Å². The fourth-order valence-corrected chi connectivity index (χ4v) is 1.41. The summed E-state index contributed by atoms with van der Waals surface area (Å²) in [6.45, 7) is 3.96. The molecule has 2 atom stereocenters. The van der Waals surface area contributed by atoms with Gasteiger partial charge in [0, 0.05) is 0 Å². The Kier molecular flexibility index (Phi) is 3.11. The molecular formula is C9H14F3NO3. The van der Waals surface area contributed by atoms with Gasteiger partial charge in [0.25, 0.3) is 0 Å². The Labute approximate surface area is 91.0 Å². The standard InChI is InChI=1S/C9H14F3NO3/c1-8(2,3)16-7(15)13-5(4-14)6(13)9(10,11)12/h5-6,14H,4H2,1-3H3. The monoisotopic (exact) mass is 241 g/mol. The minimum atomic E-state index is -4.52. The van der Waals surface area contributed by atoms with E-state index in [4.69, 9.17) is 9.84 Å². The first-order valence-corrected chi connectivity index (χ1v) is 4.77. The molecule has 94 valence electrons. The first-order chi connectivity index (χ1) is 7.08. The van der Waals surface area contributed by atoms with Crippen LogP contribution >= 0.6 is 0 Å².